The smallest absolute Gasteiger partial charge is 0.337 e. The molecule has 3 rings (SSSR count). The van der Waals surface area contributed by atoms with E-state index in [1.807, 2.05) is 28.8 Å². The maximum atomic E-state index is 10.9. The van der Waals surface area contributed by atoms with Gasteiger partial charge < -0.3 is 5.11 Å². The van der Waals surface area contributed by atoms with Crippen molar-refractivity contribution in [3.63, 3.8) is 0 Å². The second-order valence-electron chi connectivity index (χ2n) is 3.97. The molecule has 0 saturated heterocycles. The van der Waals surface area contributed by atoms with Crippen molar-refractivity contribution in [1.29, 1.82) is 0 Å². The van der Waals surface area contributed by atoms with Gasteiger partial charge >= 0.3 is 5.97 Å². The van der Waals surface area contributed by atoms with Crippen LogP contribution in [0.5, 0.6) is 0 Å². The van der Waals surface area contributed by atoms with E-state index in [0.29, 0.717) is 11.2 Å². The van der Waals surface area contributed by atoms with Gasteiger partial charge in [-0.05, 0) is 24.3 Å². The third-order valence-corrected chi connectivity index (χ3v) is 3.21. The van der Waals surface area contributed by atoms with Gasteiger partial charge in [0.2, 0.25) is 0 Å². The van der Waals surface area contributed by atoms with Gasteiger partial charge in [0, 0.05) is 16.4 Å². The molecule has 0 unspecified atom stereocenters. The van der Waals surface area contributed by atoms with Crippen molar-refractivity contribution >= 4 is 33.1 Å². The normalized spacial score (nSPS) is 10.8. The molecule has 0 saturated carbocycles. The third kappa shape index (κ3) is 2.10. The van der Waals surface area contributed by atoms with E-state index in [0.717, 1.165) is 10.2 Å². The third-order valence-electron chi connectivity index (χ3n) is 2.72. The molecule has 0 bridgehead atoms. The van der Waals surface area contributed by atoms with Crippen molar-refractivity contribution < 1.29 is 9.90 Å². The number of carbonyl (C=O) groups is 1. The summed E-state index contributed by atoms with van der Waals surface area (Å²) in [6.45, 7) is 0. The molecule has 3 aromatic rings. The maximum absolute atomic E-state index is 10.9. The zero-order valence-corrected chi connectivity index (χ0v) is 11.2. The zero-order chi connectivity index (χ0) is 13.4. The number of nitrogens with zero attached hydrogens (tertiary/aromatic N) is 3. The Kier molecular flexibility index (Phi) is 2.79. The van der Waals surface area contributed by atoms with Gasteiger partial charge in [-0.3, -0.25) is 4.57 Å². The monoisotopic (exact) mass is 317 g/mol. The van der Waals surface area contributed by atoms with E-state index in [1.54, 1.807) is 6.33 Å². The fourth-order valence-electron chi connectivity index (χ4n) is 1.83. The van der Waals surface area contributed by atoms with Crippen molar-refractivity contribution in [2.45, 2.75) is 0 Å². The van der Waals surface area contributed by atoms with E-state index < -0.39 is 5.97 Å². The van der Waals surface area contributed by atoms with E-state index in [1.165, 1.54) is 12.3 Å². The largest absolute Gasteiger partial charge is 0.478 e. The first-order valence-electron chi connectivity index (χ1n) is 5.47. The van der Waals surface area contributed by atoms with Crippen LogP contribution >= 0.6 is 15.9 Å². The molecule has 2 heterocycles. The zero-order valence-electron chi connectivity index (χ0n) is 9.62. The number of aromatic nitrogens is 3. The number of imidazole rings is 1. The summed E-state index contributed by atoms with van der Waals surface area (Å²) in [4.78, 5) is 19.2. The number of hydrogen-bond donors (Lipinski definition) is 1. The minimum Gasteiger partial charge on any atom is -0.478 e. The molecule has 19 heavy (non-hydrogen) atoms. The lowest BCUT2D eigenvalue weighted by Gasteiger charge is -2.03. The predicted molar refractivity (Wildman–Crippen MR) is 73.5 cm³/mol. The van der Waals surface area contributed by atoms with E-state index in [4.69, 9.17) is 5.11 Å². The Morgan fingerprint density at radius 2 is 2.11 bits per heavy atom. The minimum absolute atomic E-state index is 0.131. The van der Waals surface area contributed by atoms with E-state index >= 15 is 0 Å². The van der Waals surface area contributed by atoms with Crippen LogP contribution in [0.4, 0.5) is 0 Å². The molecule has 5 nitrogen and oxygen atoms in total. The molecule has 0 aliphatic rings. The van der Waals surface area contributed by atoms with Crippen molar-refractivity contribution in [3.8, 4) is 5.69 Å². The highest BCUT2D eigenvalue weighted by atomic mass is 79.9. The van der Waals surface area contributed by atoms with Crippen molar-refractivity contribution in [1.82, 2.24) is 14.5 Å². The molecule has 1 N–H and O–H groups in total. The molecule has 6 heteroatoms. The molecule has 94 valence electrons. The summed E-state index contributed by atoms with van der Waals surface area (Å²) < 4.78 is 2.76. The SMILES string of the molecule is O=C(O)c1cnc2c(c1)ncn2-c1cccc(Br)c1. The van der Waals surface area contributed by atoms with Crippen LogP contribution in [0.25, 0.3) is 16.9 Å². The fraction of sp³-hybridized carbons (Fsp3) is 0. The predicted octanol–water partition coefficient (Wildman–Crippen LogP) is 2.88. The van der Waals surface area contributed by atoms with Gasteiger partial charge in [0.15, 0.2) is 5.65 Å². The summed E-state index contributed by atoms with van der Waals surface area (Å²) in [7, 11) is 0. The van der Waals surface area contributed by atoms with Crippen LogP contribution < -0.4 is 0 Å². The minimum atomic E-state index is -1.01. The number of rotatable bonds is 2. The molecule has 0 fully saturated rings. The summed E-state index contributed by atoms with van der Waals surface area (Å²) in [5, 5.41) is 8.92. The molecule has 0 atom stereocenters. The van der Waals surface area contributed by atoms with Crippen molar-refractivity contribution in [2.24, 2.45) is 0 Å². The van der Waals surface area contributed by atoms with Crippen molar-refractivity contribution in [2.75, 3.05) is 0 Å². The van der Waals surface area contributed by atoms with Crippen LogP contribution in [0.3, 0.4) is 0 Å². The first-order chi connectivity index (χ1) is 9.15. The first kappa shape index (κ1) is 11.9. The molecule has 0 aliphatic heterocycles. The number of hydrogen-bond acceptors (Lipinski definition) is 3. The Balaban J connectivity index is 2.18. The Bertz CT molecular complexity index is 782. The number of benzene rings is 1. The van der Waals surface area contributed by atoms with E-state index in [2.05, 4.69) is 25.9 Å². The quantitative estimate of drug-likeness (QED) is 0.789. The van der Waals surface area contributed by atoms with Gasteiger partial charge in [0.1, 0.15) is 11.8 Å². The average molecular weight is 318 g/mol. The molecular weight excluding hydrogens is 310 g/mol. The van der Waals surface area contributed by atoms with Gasteiger partial charge in [0.25, 0.3) is 0 Å². The molecule has 0 spiro atoms. The Morgan fingerprint density at radius 1 is 1.26 bits per heavy atom. The van der Waals surface area contributed by atoms with Crippen LogP contribution in [0.15, 0.2) is 47.3 Å². The van der Waals surface area contributed by atoms with Crippen LogP contribution in [-0.4, -0.2) is 25.6 Å². The summed E-state index contributed by atoms with van der Waals surface area (Å²) >= 11 is 3.41. The second-order valence-corrected chi connectivity index (χ2v) is 4.88. The molecule has 0 radical (unpaired) electrons. The Morgan fingerprint density at radius 3 is 2.84 bits per heavy atom. The lowest BCUT2D eigenvalue weighted by atomic mass is 10.2. The van der Waals surface area contributed by atoms with Crippen LogP contribution in [0.2, 0.25) is 0 Å². The number of aromatic carboxylic acids is 1. The molecule has 0 amide bonds. The molecular formula is C13H8BrN3O2. The molecule has 2 aromatic heterocycles. The summed E-state index contributed by atoms with van der Waals surface area (Å²) in [5.74, 6) is -1.01. The number of carboxylic acid groups (broad SMARTS) is 1. The molecule has 0 aliphatic carbocycles. The highest BCUT2D eigenvalue weighted by Crippen LogP contribution is 2.20. The van der Waals surface area contributed by atoms with Gasteiger partial charge in [-0.2, -0.15) is 0 Å². The topological polar surface area (TPSA) is 68.0 Å². The van der Waals surface area contributed by atoms with Gasteiger partial charge in [-0.1, -0.05) is 22.0 Å². The number of halogens is 1. The summed E-state index contributed by atoms with van der Waals surface area (Å²) in [6.07, 6.45) is 2.96. The van der Waals surface area contributed by atoms with E-state index in [-0.39, 0.29) is 5.56 Å². The highest BCUT2D eigenvalue weighted by Gasteiger charge is 2.10. The van der Waals surface area contributed by atoms with Crippen LogP contribution in [0.1, 0.15) is 10.4 Å². The van der Waals surface area contributed by atoms with E-state index in [9.17, 15) is 4.79 Å². The average Bonchev–Trinajstić information content (AvgIpc) is 2.81. The highest BCUT2D eigenvalue weighted by molar-refractivity contribution is 9.10. The van der Waals surface area contributed by atoms with Gasteiger partial charge in [-0.15, -0.1) is 0 Å². The molecule has 1 aromatic carbocycles. The van der Waals surface area contributed by atoms with Gasteiger partial charge in [0.05, 0.1) is 5.56 Å². The van der Waals surface area contributed by atoms with Crippen molar-refractivity contribution in [3.05, 3.63) is 52.9 Å². The van der Waals surface area contributed by atoms with Crippen LogP contribution in [0, 0.1) is 0 Å². The number of pyridine rings is 1. The lowest BCUT2D eigenvalue weighted by molar-refractivity contribution is 0.0696. The maximum Gasteiger partial charge on any atom is 0.337 e. The Hall–Kier alpha value is -2.21. The fourth-order valence-corrected chi connectivity index (χ4v) is 2.22. The lowest BCUT2D eigenvalue weighted by Crippen LogP contribution is -1.98. The summed E-state index contributed by atoms with van der Waals surface area (Å²) in [5.41, 5.74) is 2.22. The van der Waals surface area contributed by atoms with Gasteiger partial charge in [-0.25, -0.2) is 14.8 Å². The first-order valence-corrected chi connectivity index (χ1v) is 6.27. The number of carboxylic acids is 1. The number of fused-ring (bicyclic) bond motifs is 1. The summed E-state index contributed by atoms with van der Waals surface area (Å²) in [6, 6.07) is 9.22. The Labute approximate surface area is 116 Å². The van der Waals surface area contributed by atoms with Crippen LogP contribution in [-0.2, 0) is 0 Å². The standard InChI is InChI=1S/C13H8BrN3O2/c14-9-2-1-3-10(5-9)17-7-16-11-4-8(13(18)19)6-15-12(11)17/h1-7H,(H,18,19). The second kappa shape index (κ2) is 4.47.